The Morgan fingerprint density at radius 1 is 1.08 bits per heavy atom. The maximum Gasteiger partial charge on any atom is 0.331 e. The highest BCUT2D eigenvalue weighted by Gasteiger charge is 2.35. The predicted octanol–water partition coefficient (Wildman–Crippen LogP) is 5.00. The summed E-state index contributed by atoms with van der Waals surface area (Å²) in [4.78, 5) is 50.1. The molecule has 3 aromatic heterocycles. The summed E-state index contributed by atoms with van der Waals surface area (Å²) in [5.74, 6) is -0.569. The van der Waals surface area contributed by atoms with E-state index in [4.69, 9.17) is 0 Å². The van der Waals surface area contributed by atoms with Crippen molar-refractivity contribution in [2.24, 2.45) is 0 Å². The molecule has 0 unspecified atom stereocenters. The summed E-state index contributed by atoms with van der Waals surface area (Å²) in [6.45, 7) is 3.50. The topological polar surface area (TPSA) is 116 Å². The smallest absolute Gasteiger partial charge is 0.331 e. The Bertz CT molecular complexity index is 1580. The van der Waals surface area contributed by atoms with Crippen LogP contribution in [0, 0.1) is 0 Å². The van der Waals surface area contributed by atoms with E-state index in [1.165, 1.54) is 17.4 Å². The maximum absolute atomic E-state index is 13.5. The molecule has 4 heterocycles. The minimum absolute atomic E-state index is 0.168. The molecule has 10 heteroatoms. The van der Waals surface area contributed by atoms with Crippen molar-refractivity contribution >= 4 is 56.5 Å². The van der Waals surface area contributed by atoms with Gasteiger partial charge in [-0.2, -0.15) is 0 Å². The molecule has 6 rings (SSSR count). The van der Waals surface area contributed by atoms with Crippen LogP contribution in [0.1, 0.15) is 28.9 Å². The van der Waals surface area contributed by atoms with Crippen LogP contribution < -0.4 is 20.9 Å². The average molecular weight is 525 g/mol. The number of hydrogen-bond acceptors (Lipinski definition) is 6. The monoisotopic (exact) mass is 524 g/mol. The zero-order chi connectivity index (χ0) is 26.2. The molecule has 1 fully saturated rings. The van der Waals surface area contributed by atoms with Gasteiger partial charge < -0.3 is 16.0 Å². The summed E-state index contributed by atoms with van der Waals surface area (Å²) in [6.07, 6.45) is 8.68. The van der Waals surface area contributed by atoms with Gasteiger partial charge in [-0.3, -0.25) is 19.5 Å². The fourth-order valence-electron chi connectivity index (χ4n) is 5.12. The second-order valence-electron chi connectivity index (χ2n) is 9.21. The Morgan fingerprint density at radius 3 is 2.66 bits per heavy atom. The van der Waals surface area contributed by atoms with Crippen LogP contribution in [-0.2, 0) is 4.79 Å². The molecule has 190 valence electrons. The van der Waals surface area contributed by atoms with Crippen LogP contribution >= 0.6 is 11.3 Å². The first-order chi connectivity index (χ1) is 18.5. The van der Waals surface area contributed by atoms with Gasteiger partial charge >= 0.3 is 6.03 Å². The normalized spacial score (nSPS) is 18.2. The number of thiophene rings is 1. The van der Waals surface area contributed by atoms with Gasteiger partial charge in [0.25, 0.3) is 5.91 Å². The van der Waals surface area contributed by atoms with Crippen molar-refractivity contribution in [1.29, 1.82) is 0 Å². The number of anilines is 3. The van der Waals surface area contributed by atoms with Gasteiger partial charge in [-0.15, -0.1) is 11.3 Å². The Morgan fingerprint density at radius 2 is 1.87 bits per heavy atom. The number of rotatable bonds is 6. The highest BCUT2D eigenvalue weighted by atomic mass is 32.1. The van der Waals surface area contributed by atoms with E-state index in [0.29, 0.717) is 32.2 Å². The van der Waals surface area contributed by atoms with Crippen molar-refractivity contribution in [1.82, 2.24) is 20.6 Å². The standard InChI is InChI=1S/C28H24N6O3S/c1-2-22(35)31-19-9-6-10-20(19)32-26(36)25-24-23-21(11-12-30-27(23)38-25)34(28(37)33-24)18-13-17(14-29-15-18)16-7-4-3-5-8-16/h2-5,7-8,11-15,19-20H,1,6,9-10H2,(H,31,35)(H,32,36)(H,33,37)/t19-,20+/m0/s1. The lowest BCUT2D eigenvalue weighted by Crippen LogP contribution is -2.48. The number of carbonyl (C=O) groups excluding carboxylic acids is 3. The van der Waals surface area contributed by atoms with Crippen LogP contribution in [0.3, 0.4) is 0 Å². The highest BCUT2D eigenvalue weighted by Crippen LogP contribution is 2.46. The molecule has 4 amide bonds. The Hall–Kier alpha value is -4.57. The van der Waals surface area contributed by atoms with E-state index in [0.717, 1.165) is 30.4 Å². The molecule has 0 bridgehead atoms. The Labute approximate surface area is 222 Å². The van der Waals surface area contributed by atoms with Crippen molar-refractivity contribution in [3.05, 3.63) is 78.6 Å². The molecule has 1 aliphatic carbocycles. The molecule has 1 saturated carbocycles. The van der Waals surface area contributed by atoms with Gasteiger partial charge in [-0.05, 0) is 43.0 Å². The Balaban J connectivity index is 1.34. The summed E-state index contributed by atoms with van der Waals surface area (Å²) in [5.41, 5.74) is 3.55. The summed E-state index contributed by atoms with van der Waals surface area (Å²) in [7, 11) is 0. The predicted molar refractivity (Wildman–Crippen MR) is 148 cm³/mol. The molecule has 1 aromatic carbocycles. The van der Waals surface area contributed by atoms with Gasteiger partial charge in [0.2, 0.25) is 5.91 Å². The third-order valence-electron chi connectivity index (χ3n) is 6.89. The van der Waals surface area contributed by atoms with Gasteiger partial charge in [-0.25, -0.2) is 9.78 Å². The molecule has 38 heavy (non-hydrogen) atoms. The number of aromatic nitrogens is 2. The van der Waals surface area contributed by atoms with Crippen molar-refractivity contribution < 1.29 is 14.4 Å². The maximum atomic E-state index is 13.5. The van der Waals surface area contributed by atoms with Crippen LogP contribution in [0.25, 0.3) is 21.3 Å². The largest absolute Gasteiger partial charge is 0.348 e. The zero-order valence-electron chi connectivity index (χ0n) is 20.3. The molecular formula is C28H24N6O3S. The SMILES string of the molecule is C=CC(=O)N[C@H]1CCC[C@H]1NC(=O)c1sc2nccc3c2c1NC(=O)N3c1cncc(-c2ccccc2)c1. The lowest BCUT2D eigenvalue weighted by Gasteiger charge is -2.28. The molecule has 0 spiro atoms. The summed E-state index contributed by atoms with van der Waals surface area (Å²) >= 11 is 1.23. The van der Waals surface area contributed by atoms with E-state index >= 15 is 0 Å². The molecule has 2 atom stereocenters. The van der Waals surface area contributed by atoms with E-state index in [-0.39, 0.29) is 29.9 Å². The molecule has 4 aromatic rings. The number of urea groups is 1. The lowest BCUT2D eigenvalue weighted by molar-refractivity contribution is -0.117. The number of benzene rings is 1. The van der Waals surface area contributed by atoms with E-state index in [2.05, 4.69) is 32.5 Å². The van der Waals surface area contributed by atoms with E-state index < -0.39 is 0 Å². The lowest BCUT2D eigenvalue weighted by atomic mass is 10.1. The van der Waals surface area contributed by atoms with E-state index in [9.17, 15) is 14.4 Å². The van der Waals surface area contributed by atoms with Crippen molar-refractivity contribution in [3.8, 4) is 11.1 Å². The highest BCUT2D eigenvalue weighted by molar-refractivity contribution is 7.21. The second-order valence-corrected chi connectivity index (χ2v) is 10.2. The van der Waals surface area contributed by atoms with Crippen LogP contribution in [0.5, 0.6) is 0 Å². The molecule has 2 aliphatic rings. The van der Waals surface area contributed by atoms with Gasteiger partial charge in [0, 0.05) is 30.0 Å². The fourth-order valence-corrected chi connectivity index (χ4v) is 6.14. The number of hydrogen-bond donors (Lipinski definition) is 3. The van der Waals surface area contributed by atoms with Crippen LogP contribution in [0.4, 0.5) is 21.9 Å². The average Bonchev–Trinajstić information content (AvgIpc) is 3.54. The third-order valence-corrected chi connectivity index (χ3v) is 7.98. The van der Waals surface area contributed by atoms with Gasteiger partial charge in [0.15, 0.2) is 0 Å². The first-order valence-electron chi connectivity index (χ1n) is 12.3. The van der Waals surface area contributed by atoms with E-state index in [1.54, 1.807) is 29.6 Å². The molecular weight excluding hydrogens is 500 g/mol. The second kappa shape index (κ2) is 9.71. The number of pyridine rings is 2. The van der Waals surface area contributed by atoms with Crippen molar-refractivity contribution in [3.63, 3.8) is 0 Å². The number of nitrogens with one attached hydrogen (secondary N) is 3. The molecule has 9 nitrogen and oxygen atoms in total. The van der Waals surface area contributed by atoms with Crippen molar-refractivity contribution in [2.75, 3.05) is 10.2 Å². The first-order valence-corrected chi connectivity index (χ1v) is 13.1. The quantitative estimate of drug-likeness (QED) is 0.307. The molecule has 1 aliphatic heterocycles. The summed E-state index contributed by atoms with van der Waals surface area (Å²) in [6, 6.07) is 12.7. The van der Waals surface area contributed by atoms with Crippen LogP contribution in [0.15, 0.2) is 73.7 Å². The number of carbonyl (C=O) groups is 3. The van der Waals surface area contributed by atoms with E-state index in [1.807, 2.05) is 36.4 Å². The first kappa shape index (κ1) is 23.8. The molecule has 0 saturated heterocycles. The molecule has 3 N–H and O–H groups in total. The van der Waals surface area contributed by atoms with Crippen molar-refractivity contribution in [2.45, 2.75) is 31.3 Å². The van der Waals surface area contributed by atoms with Gasteiger partial charge in [0.05, 0.1) is 28.6 Å². The Kier molecular flexibility index (Phi) is 6.09. The summed E-state index contributed by atoms with van der Waals surface area (Å²) in [5, 5.41) is 9.58. The molecule has 0 radical (unpaired) electrons. The van der Waals surface area contributed by atoms with Crippen LogP contribution in [0.2, 0.25) is 0 Å². The van der Waals surface area contributed by atoms with Gasteiger partial charge in [-0.1, -0.05) is 36.9 Å². The number of amides is 4. The van der Waals surface area contributed by atoms with Gasteiger partial charge in [0.1, 0.15) is 9.71 Å². The minimum Gasteiger partial charge on any atom is -0.348 e. The summed E-state index contributed by atoms with van der Waals surface area (Å²) < 4.78 is 0. The minimum atomic E-state index is -0.388. The fraction of sp³-hybridized carbons (Fsp3) is 0.179. The number of nitrogens with zero attached hydrogens (tertiary/aromatic N) is 3. The van der Waals surface area contributed by atoms with Crippen LogP contribution in [-0.4, -0.2) is 39.9 Å². The zero-order valence-corrected chi connectivity index (χ0v) is 21.1. The third kappa shape index (κ3) is 4.18.